The molecular formula is C11H13Br2NO3. The van der Waals surface area contributed by atoms with E-state index in [9.17, 15) is 9.59 Å². The first-order valence-electron chi connectivity index (χ1n) is 5.60. The van der Waals surface area contributed by atoms with Crippen molar-refractivity contribution >= 4 is 43.6 Å². The van der Waals surface area contributed by atoms with Gasteiger partial charge in [-0.1, -0.05) is 38.3 Å². The van der Waals surface area contributed by atoms with Crippen LogP contribution in [0, 0.1) is 0 Å². The molecule has 2 bridgehead atoms. The number of rotatable bonds is 6. The van der Waals surface area contributed by atoms with E-state index in [-0.39, 0.29) is 24.3 Å². The summed E-state index contributed by atoms with van der Waals surface area (Å²) >= 11 is 6.85. The van der Waals surface area contributed by atoms with E-state index < -0.39 is 5.97 Å². The average Bonchev–Trinajstić information content (AvgIpc) is 2.62. The second kappa shape index (κ2) is 5.20. The van der Waals surface area contributed by atoms with E-state index in [2.05, 4.69) is 36.8 Å². The highest BCUT2D eigenvalue weighted by Crippen LogP contribution is 2.47. The monoisotopic (exact) mass is 365 g/mol. The molecule has 0 radical (unpaired) electrons. The van der Waals surface area contributed by atoms with Crippen molar-refractivity contribution in [2.75, 3.05) is 6.54 Å². The highest BCUT2D eigenvalue weighted by molar-refractivity contribution is 9.14. The number of carbonyl (C=O) groups is 2. The maximum atomic E-state index is 11.6. The van der Waals surface area contributed by atoms with E-state index in [1.165, 1.54) is 0 Å². The van der Waals surface area contributed by atoms with Crippen molar-refractivity contribution in [2.45, 2.75) is 37.8 Å². The van der Waals surface area contributed by atoms with Gasteiger partial charge in [-0.05, 0) is 12.8 Å². The molecule has 1 fully saturated rings. The zero-order valence-electron chi connectivity index (χ0n) is 9.16. The lowest BCUT2D eigenvalue weighted by atomic mass is 9.99. The van der Waals surface area contributed by atoms with E-state index in [0.717, 1.165) is 28.4 Å². The Morgan fingerprint density at radius 2 is 1.76 bits per heavy atom. The summed E-state index contributed by atoms with van der Waals surface area (Å²) in [4.78, 5) is 24.1. The molecule has 0 aromatic carbocycles. The van der Waals surface area contributed by atoms with Crippen molar-refractivity contribution in [3.05, 3.63) is 8.96 Å². The van der Waals surface area contributed by atoms with Gasteiger partial charge in [0.15, 0.2) is 5.78 Å². The molecule has 1 N–H and O–H groups in total. The minimum Gasteiger partial charge on any atom is -0.481 e. The molecule has 94 valence electrons. The van der Waals surface area contributed by atoms with Crippen molar-refractivity contribution < 1.29 is 14.7 Å². The van der Waals surface area contributed by atoms with Crippen LogP contribution in [0.3, 0.4) is 0 Å². The maximum absolute atomic E-state index is 11.6. The molecule has 3 aliphatic rings. The summed E-state index contributed by atoms with van der Waals surface area (Å²) in [5, 5.41) is 8.50. The molecule has 2 unspecified atom stereocenters. The van der Waals surface area contributed by atoms with Gasteiger partial charge in [-0.2, -0.15) is 0 Å². The zero-order chi connectivity index (χ0) is 12.6. The fourth-order valence-corrected chi connectivity index (χ4v) is 3.76. The predicted molar refractivity (Wildman–Crippen MR) is 70.3 cm³/mol. The van der Waals surface area contributed by atoms with Crippen LogP contribution in [0.15, 0.2) is 8.96 Å². The third-order valence-corrected chi connectivity index (χ3v) is 5.47. The number of carboxylic acid groups (broad SMARTS) is 1. The van der Waals surface area contributed by atoms with Crippen LogP contribution in [0.5, 0.6) is 0 Å². The number of hydrogen-bond donors (Lipinski definition) is 1. The summed E-state index contributed by atoms with van der Waals surface area (Å²) < 4.78 is 1.91. The third kappa shape index (κ3) is 2.35. The van der Waals surface area contributed by atoms with Gasteiger partial charge in [0.2, 0.25) is 0 Å². The fraction of sp³-hybridized carbons (Fsp3) is 0.636. The number of unbranched alkanes of at least 4 members (excludes halogenated alkanes) is 2. The molecule has 3 rings (SSSR count). The Labute approximate surface area is 116 Å². The van der Waals surface area contributed by atoms with Crippen LogP contribution in [-0.4, -0.2) is 40.4 Å². The molecule has 0 amide bonds. The number of hydrogen-bond acceptors (Lipinski definition) is 3. The number of ketones is 1. The first-order chi connectivity index (χ1) is 8.04. The van der Waals surface area contributed by atoms with E-state index >= 15 is 0 Å². The number of Topliss-reactive ketones (excluding diaryl/α,β-unsaturated/α-hetero) is 1. The number of nitrogens with zero attached hydrogens (tertiary/aromatic N) is 1. The van der Waals surface area contributed by atoms with E-state index in [1.54, 1.807) is 0 Å². The lowest BCUT2D eigenvalue weighted by Crippen LogP contribution is -2.60. The molecule has 1 aliphatic carbocycles. The summed E-state index contributed by atoms with van der Waals surface area (Å²) in [6.45, 7) is 0.852. The van der Waals surface area contributed by atoms with Gasteiger partial charge in [-0.25, -0.2) is 0 Å². The van der Waals surface area contributed by atoms with Gasteiger partial charge in [0.25, 0.3) is 0 Å². The topological polar surface area (TPSA) is 57.6 Å². The minimum absolute atomic E-state index is 0.0890. The Balaban J connectivity index is 1.70. The van der Waals surface area contributed by atoms with Crippen LogP contribution >= 0.6 is 31.9 Å². The number of carboxylic acids is 1. The zero-order valence-corrected chi connectivity index (χ0v) is 12.3. The summed E-state index contributed by atoms with van der Waals surface area (Å²) in [6.07, 6.45) is 2.78. The van der Waals surface area contributed by atoms with Gasteiger partial charge >= 0.3 is 5.97 Å². The molecule has 0 saturated carbocycles. The van der Waals surface area contributed by atoms with Crippen LogP contribution in [0.4, 0.5) is 0 Å². The molecule has 2 aliphatic heterocycles. The SMILES string of the molecule is O=C(O)CCCCCN1C2C(=O)C1C(Br)=C2Br. The summed E-state index contributed by atoms with van der Waals surface area (Å²) in [5.74, 6) is -0.481. The van der Waals surface area contributed by atoms with Gasteiger partial charge in [-0.3, -0.25) is 14.5 Å². The van der Waals surface area contributed by atoms with E-state index in [0.29, 0.717) is 6.42 Å². The van der Waals surface area contributed by atoms with Crippen LogP contribution in [0.25, 0.3) is 0 Å². The van der Waals surface area contributed by atoms with Crippen molar-refractivity contribution in [3.8, 4) is 0 Å². The lowest BCUT2D eigenvalue weighted by Gasteiger charge is -2.39. The highest BCUT2D eigenvalue weighted by Gasteiger charge is 2.56. The molecule has 1 saturated heterocycles. The second-order valence-corrected chi connectivity index (χ2v) is 6.05. The predicted octanol–water partition coefficient (Wildman–Crippen LogP) is 2.27. The van der Waals surface area contributed by atoms with Gasteiger partial charge in [0.1, 0.15) is 12.1 Å². The first kappa shape index (κ1) is 13.2. The normalized spacial score (nSPS) is 27.5. The minimum atomic E-state index is -0.739. The largest absolute Gasteiger partial charge is 0.481 e. The molecule has 4 nitrogen and oxygen atoms in total. The third-order valence-electron chi connectivity index (χ3n) is 3.22. The van der Waals surface area contributed by atoms with Crippen molar-refractivity contribution in [1.82, 2.24) is 4.90 Å². The van der Waals surface area contributed by atoms with Gasteiger partial charge in [0, 0.05) is 21.9 Å². The van der Waals surface area contributed by atoms with Gasteiger partial charge in [0.05, 0.1) is 0 Å². The number of aliphatic carboxylic acids is 1. The summed E-state index contributed by atoms with van der Waals surface area (Å²) in [7, 11) is 0. The molecule has 2 heterocycles. The maximum Gasteiger partial charge on any atom is 0.303 e. The molecule has 0 aromatic rings. The van der Waals surface area contributed by atoms with Crippen LogP contribution in [0.1, 0.15) is 25.7 Å². The molecular weight excluding hydrogens is 354 g/mol. The Morgan fingerprint density at radius 1 is 1.18 bits per heavy atom. The average molecular weight is 367 g/mol. The lowest BCUT2D eigenvalue weighted by molar-refractivity contribution is -0.137. The smallest absolute Gasteiger partial charge is 0.303 e. The van der Waals surface area contributed by atoms with Crippen LogP contribution in [0.2, 0.25) is 0 Å². The van der Waals surface area contributed by atoms with Crippen molar-refractivity contribution in [3.63, 3.8) is 0 Å². The Hall–Kier alpha value is -0.200. The highest BCUT2D eigenvalue weighted by atomic mass is 79.9. The first-order valence-corrected chi connectivity index (χ1v) is 7.19. The number of carbonyl (C=O) groups excluding carboxylic acids is 1. The standard InChI is InChI=1S/C11H13Br2NO3/c12-7-8(13)10-11(17)9(7)14(10)5-3-1-2-4-6(15)16/h9-10H,1-5H2,(H,15,16). The van der Waals surface area contributed by atoms with E-state index in [1.807, 2.05) is 0 Å². The summed E-state index contributed by atoms with van der Waals surface area (Å²) in [5.41, 5.74) is 0. The number of halogens is 2. The summed E-state index contributed by atoms with van der Waals surface area (Å²) in [6, 6.07) is -0.178. The fourth-order valence-electron chi connectivity index (χ4n) is 2.35. The van der Waals surface area contributed by atoms with E-state index in [4.69, 9.17) is 5.11 Å². The Morgan fingerprint density at radius 3 is 2.24 bits per heavy atom. The van der Waals surface area contributed by atoms with Crippen molar-refractivity contribution in [2.24, 2.45) is 0 Å². The molecule has 0 spiro atoms. The Bertz CT molecular complexity index is 372. The second-order valence-electron chi connectivity index (χ2n) is 4.35. The quantitative estimate of drug-likeness (QED) is 0.732. The Kier molecular flexibility index (Phi) is 4.05. The molecule has 17 heavy (non-hydrogen) atoms. The van der Waals surface area contributed by atoms with Crippen LogP contribution in [-0.2, 0) is 9.59 Å². The molecule has 0 aromatic heterocycles. The molecule has 2 atom stereocenters. The van der Waals surface area contributed by atoms with Crippen LogP contribution < -0.4 is 0 Å². The van der Waals surface area contributed by atoms with Gasteiger partial charge < -0.3 is 5.11 Å². The van der Waals surface area contributed by atoms with Crippen molar-refractivity contribution in [1.29, 1.82) is 0 Å². The van der Waals surface area contributed by atoms with Gasteiger partial charge in [-0.15, -0.1) is 0 Å². The molecule has 6 heteroatoms.